The Balaban J connectivity index is 1.77. The maximum absolute atomic E-state index is 9.86. The Labute approximate surface area is 117 Å². The predicted molar refractivity (Wildman–Crippen MR) is 77.2 cm³/mol. The predicted octanol–water partition coefficient (Wildman–Crippen LogP) is 0.928. The largest absolute Gasteiger partial charge is 0.396 e. The molecule has 112 valence electrons. The van der Waals surface area contributed by atoms with Crippen LogP contribution in [0.15, 0.2) is 0 Å². The highest BCUT2D eigenvalue weighted by molar-refractivity contribution is 4.89. The summed E-state index contributed by atoms with van der Waals surface area (Å²) < 4.78 is 0. The molecule has 19 heavy (non-hydrogen) atoms. The van der Waals surface area contributed by atoms with Gasteiger partial charge in [0.05, 0.1) is 5.60 Å². The van der Waals surface area contributed by atoms with Crippen molar-refractivity contribution in [3.8, 4) is 0 Å². The zero-order valence-corrected chi connectivity index (χ0v) is 12.6. The molecule has 0 spiro atoms. The van der Waals surface area contributed by atoms with Crippen LogP contribution in [-0.2, 0) is 0 Å². The number of aliphatic hydroxyl groups is 2. The summed E-state index contributed by atoms with van der Waals surface area (Å²) in [6, 6.07) is 0. The number of β-amino-alcohol motifs (C(OH)–C–C–N with tert-alkyl or cyclic N) is 1. The molecule has 0 aromatic heterocycles. The minimum absolute atomic E-state index is 0.179. The van der Waals surface area contributed by atoms with Gasteiger partial charge in [0, 0.05) is 51.3 Å². The number of hydrogen-bond donors (Lipinski definition) is 2. The van der Waals surface area contributed by atoms with Gasteiger partial charge in [0.15, 0.2) is 0 Å². The minimum atomic E-state index is -0.597. The average molecular weight is 270 g/mol. The lowest BCUT2D eigenvalue weighted by Crippen LogP contribution is -2.52. The van der Waals surface area contributed by atoms with E-state index < -0.39 is 5.60 Å². The number of aliphatic hydroxyl groups excluding tert-OH is 1. The molecule has 0 amide bonds. The van der Waals surface area contributed by atoms with Gasteiger partial charge < -0.3 is 15.1 Å². The molecule has 0 unspecified atom stereocenters. The minimum Gasteiger partial charge on any atom is -0.396 e. The maximum atomic E-state index is 9.86. The summed E-state index contributed by atoms with van der Waals surface area (Å²) in [4.78, 5) is 4.85. The molecule has 0 bridgehead atoms. The molecule has 2 fully saturated rings. The molecule has 1 heterocycles. The van der Waals surface area contributed by atoms with E-state index in [-0.39, 0.29) is 5.41 Å². The van der Waals surface area contributed by atoms with Gasteiger partial charge in [-0.1, -0.05) is 12.8 Å². The first-order valence-corrected chi connectivity index (χ1v) is 7.70. The van der Waals surface area contributed by atoms with Crippen LogP contribution >= 0.6 is 0 Å². The normalized spacial score (nSPS) is 25.9. The first-order chi connectivity index (χ1) is 8.92. The number of piperazine rings is 1. The van der Waals surface area contributed by atoms with Gasteiger partial charge in [-0.15, -0.1) is 0 Å². The fourth-order valence-corrected chi connectivity index (χ4v) is 3.62. The Bertz CT molecular complexity index is 274. The molecule has 1 aliphatic heterocycles. The lowest BCUT2D eigenvalue weighted by Gasteiger charge is -2.41. The summed E-state index contributed by atoms with van der Waals surface area (Å²) in [6.07, 6.45) is 4.93. The van der Waals surface area contributed by atoms with E-state index >= 15 is 0 Å². The summed E-state index contributed by atoms with van der Waals surface area (Å²) in [5, 5.41) is 19.5. The molecule has 1 saturated heterocycles. The van der Waals surface area contributed by atoms with Crippen molar-refractivity contribution in [2.24, 2.45) is 5.41 Å². The first-order valence-electron chi connectivity index (χ1n) is 7.70. The zero-order chi connectivity index (χ0) is 13.9. The Hall–Kier alpha value is -0.160. The monoisotopic (exact) mass is 270 g/mol. The van der Waals surface area contributed by atoms with E-state index in [0.717, 1.165) is 39.3 Å². The van der Waals surface area contributed by atoms with Crippen molar-refractivity contribution in [2.75, 3.05) is 45.9 Å². The Morgan fingerprint density at radius 1 is 1.00 bits per heavy atom. The van der Waals surface area contributed by atoms with Crippen molar-refractivity contribution in [2.45, 2.75) is 45.1 Å². The lowest BCUT2D eigenvalue weighted by molar-refractivity contribution is 0.00494. The Morgan fingerprint density at radius 3 is 2.00 bits per heavy atom. The topological polar surface area (TPSA) is 46.9 Å². The summed E-state index contributed by atoms with van der Waals surface area (Å²) >= 11 is 0. The standard InChI is InChI=1S/C15H30N2O2/c1-14(2,19)11-16-7-9-17(10-8-16)12-15(13-18)5-3-4-6-15/h18-19H,3-13H2,1-2H3. The van der Waals surface area contributed by atoms with Gasteiger partial charge in [0.25, 0.3) is 0 Å². The van der Waals surface area contributed by atoms with Crippen LogP contribution in [0.5, 0.6) is 0 Å². The van der Waals surface area contributed by atoms with Crippen LogP contribution in [0.4, 0.5) is 0 Å². The van der Waals surface area contributed by atoms with Crippen LogP contribution in [0, 0.1) is 5.41 Å². The SMILES string of the molecule is CC(C)(O)CN1CCN(CC2(CO)CCCC2)CC1. The molecule has 4 heteroatoms. The van der Waals surface area contributed by atoms with E-state index in [2.05, 4.69) is 9.80 Å². The fraction of sp³-hybridized carbons (Fsp3) is 1.00. The van der Waals surface area contributed by atoms with E-state index in [4.69, 9.17) is 0 Å². The molecule has 1 aliphatic carbocycles. The molecule has 0 atom stereocenters. The molecular formula is C15H30N2O2. The summed E-state index contributed by atoms with van der Waals surface area (Å²) in [6.45, 7) is 10.1. The van der Waals surface area contributed by atoms with Gasteiger partial charge in [0.2, 0.25) is 0 Å². The first kappa shape index (κ1) is 15.2. The van der Waals surface area contributed by atoms with Gasteiger partial charge in [0.1, 0.15) is 0 Å². The van der Waals surface area contributed by atoms with Crippen molar-refractivity contribution >= 4 is 0 Å². The van der Waals surface area contributed by atoms with Crippen molar-refractivity contribution in [1.82, 2.24) is 9.80 Å². The molecule has 1 saturated carbocycles. The summed E-state index contributed by atoms with van der Waals surface area (Å²) in [5.74, 6) is 0. The van der Waals surface area contributed by atoms with Crippen LogP contribution in [-0.4, -0.2) is 71.5 Å². The Morgan fingerprint density at radius 2 is 1.53 bits per heavy atom. The molecule has 4 nitrogen and oxygen atoms in total. The third-order valence-electron chi connectivity index (χ3n) is 4.63. The Kier molecular flexibility index (Phi) is 4.88. The fourth-order valence-electron chi connectivity index (χ4n) is 3.62. The second kappa shape index (κ2) is 6.08. The molecule has 0 aromatic rings. The lowest BCUT2D eigenvalue weighted by atomic mass is 9.86. The number of nitrogens with zero attached hydrogens (tertiary/aromatic N) is 2. The summed E-state index contributed by atoms with van der Waals surface area (Å²) in [7, 11) is 0. The van der Waals surface area contributed by atoms with E-state index in [1.54, 1.807) is 0 Å². The highest BCUT2D eigenvalue weighted by atomic mass is 16.3. The number of hydrogen-bond acceptors (Lipinski definition) is 4. The molecule has 0 aromatic carbocycles. The van der Waals surface area contributed by atoms with Gasteiger partial charge in [-0.25, -0.2) is 0 Å². The molecule has 2 rings (SSSR count). The van der Waals surface area contributed by atoms with Gasteiger partial charge in [-0.2, -0.15) is 0 Å². The highest BCUT2D eigenvalue weighted by Crippen LogP contribution is 2.38. The van der Waals surface area contributed by atoms with Crippen LogP contribution in [0.2, 0.25) is 0 Å². The molecule has 2 aliphatic rings. The van der Waals surface area contributed by atoms with Crippen LogP contribution in [0.1, 0.15) is 39.5 Å². The van der Waals surface area contributed by atoms with Gasteiger partial charge in [-0.3, -0.25) is 4.90 Å². The number of rotatable bonds is 5. The third-order valence-corrected chi connectivity index (χ3v) is 4.63. The van der Waals surface area contributed by atoms with Crippen molar-refractivity contribution in [3.05, 3.63) is 0 Å². The van der Waals surface area contributed by atoms with Crippen LogP contribution in [0.3, 0.4) is 0 Å². The van der Waals surface area contributed by atoms with E-state index in [0.29, 0.717) is 6.61 Å². The van der Waals surface area contributed by atoms with Gasteiger partial charge >= 0.3 is 0 Å². The third kappa shape index (κ3) is 4.42. The van der Waals surface area contributed by atoms with Crippen LogP contribution in [0.25, 0.3) is 0 Å². The second-order valence-electron chi connectivity index (χ2n) is 7.23. The van der Waals surface area contributed by atoms with E-state index in [9.17, 15) is 10.2 Å². The average Bonchev–Trinajstić information content (AvgIpc) is 2.79. The smallest absolute Gasteiger partial charge is 0.0718 e. The second-order valence-corrected chi connectivity index (χ2v) is 7.23. The molecular weight excluding hydrogens is 240 g/mol. The van der Waals surface area contributed by atoms with Crippen LogP contribution < -0.4 is 0 Å². The quantitative estimate of drug-likeness (QED) is 0.780. The van der Waals surface area contributed by atoms with E-state index in [1.807, 2.05) is 13.8 Å². The molecule has 0 radical (unpaired) electrons. The van der Waals surface area contributed by atoms with Crippen molar-refractivity contribution < 1.29 is 10.2 Å². The van der Waals surface area contributed by atoms with Gasteiger partial charge in [-0.05, 0) is 26.7 Å². The van der Waals surface area contributed by atoms with E-state index in [1.165, 1.54) is 25.7 Å². The van der Waals surface area contributed by atoms with Crippen molar-refractivity contribution in [3.63, 3.8) is 0 Å². The van der Waals surface area contributed by atoms with Crippen molar-refractivity contribution in [1.29, 1.82) is 0 Å². The zero-order valence-electron chi connectivity index (χ0n) is 12.6. The molecule has 2 N–H and O–H groups in total. The summed E-state index contributed by atoms with van der Waals surface area (Å²) in [5.41, 5.74) is -0.418. The highest BCUT2D eigenvalue weighted by Gasteiger charge is 2.35. The maximum Gasteiger partial charge on any atom is 0.0718 e.